The number of alkyl halides is 3. The van der Waals surface area contributed by atoms with Crippen molar-refractivity contribution >= 4 is 0 Å². The van der Waals surface area contributed by atoms with E-state index in [2.05, 4.69) is 9.97 Å². The van der Waals surface area contributed by atoms with Crippen LogP contribution in [0.5, 0.6) is 0 Å². The van der Waals surface area contributed by atoms with Gasteiger partial charge in [-0.3, -0.25) is 0 Å². The average molecular weight is 269 g/mol. The lowest BCUT2D eigenvalue weighted by Crippen LogP contribution is -2.13. The molecule has 0 aliphatic carbocycles. The van der Waals surface area contributed by atoms with E-state index in [1.165, 1.54) is 0 Å². The normalized spacial score (nSPS) is 13.5. The topological polar surface area (TPSA) is 54.7 Å². The van der Waals surface area contributed by atoms with Crippen molar-refractivity contribution in [1.29, 1.82) is 0 Å². The van der Waals surface area contributed by atoms with Crippen molar-refractivity contribution < 1.29 is 13.2 Å². The van der Waals surface area contributed by atoms with Gasteiger partial charge in [-0.15, -0.1) is 0 Å². The number of nitrogens with one attached hydrogen (secondary N) is 1. The molecule has 1 aromatic heterocycles. The van der Waals surface area contributed by atoms with Crippen LogP contribution in [0, 0.1) is 0 Å². The summed E-state index contributed by atoms with van der Waals surface area (Å²) in [4.78, 5) is 5.53. The monoisotopic (exact) mass is 269 g/mol. The summed E-state index contributed by atoms with van der Waals surface area (Å²) in [7, 11) is 0. The number of H-pyrrole nitrogens is 1. The molecule has 0 fully saturated rings. The van der Waals surface area contributed by atoms with E-state index in [0.29, 0.717) is 0 Å². The molecular formula is C13H14F3N3. The van der Waals surface area contributed by atoms with Gasteiger partial charge in [0.1, 0.15) is 0 Å². The lowest BCUT2D eigenvalue weighted by Gasteiger charge is -2.10. The minimum atomic E-state index is -4.48. The predicted molar refractivity (Wildman–Crippen MR) is 65.4 cm³/mol. The molecule has 0 saturated carbocycles. The molecule has 6 heteroatoms. The van der Waals surface area contributed by atoms with Gasteiger partial charge in [-0.1, -0.05) is 31.2 Å². The summed E-state index contributed by atoms with van der Waals surface area (Å²) in [5.41, 5.74) is 8.07. The number of imidazole rings is 1. The van der Waals surface area contributed by atoms with E-state index in [1.54, 1.807) is 0 Å². The van der Waals surface area contributed by atoms with Gasteiger partial charge in [-0.05, 0) is 17.5 Å². The molecule has 1 aromatic carbocycles. The highest BCUT2D eigenvalue weighted by Gasteiger charge is 2.34. The Morgan fingerprint density at radius 1 is 1.26 bits per heavy atom. The van der Waals surface area contributed by atoms with Crippen LogP contribution in [0.25, 0.3) is 0 Å². The number of aromatic nitrogens is 2. The Hall–Kier alpha value is -1.82. The van der Waals surface area contributed by atoms with Crippen molar-refractivity contribution in [2.75, 3.05) is 0 Å². The fourth-order valence-electron chi connectivity index (χ4n) is 1.78. The molecule has 0 spiro atoms. The molecule has 102 valence electrons. The van der Waals surface area contributed by atoms with Crippen molar-refractivity contribution in [2.45, 2.75) is 25.6 Å². The third kappa shape index (κ3) is 2.96. The van der Waals surface area contributed by atoms with Gasteiger partial charge in [0.25, 0.3) is 0 Å². The number of benzene rings is 1. The molecule has 0 radical (unpaired) electrons. The van der Waals surface area contributed by atoms with E-state index in [1.807, 2.05) is 31.2 Å². The second kappa shape index (κ2) is 5.05. The minimum absolute atomic E-state index is 0.247. The summed E-state index contributed by atoms with van der Waals surface area (Å²) >= 11 is 0. The van der Waals surface area contributed by atoms with Crippen LogP contribution in [-0.2, 0) is 12.6 Å². The number of hydrogen-bond donors (Lipinski definition) is 2. The van der Waals surface area contributed by atoms with Crippen molar-refractivity contribution in [1.82, 2.24) is 9.97 Å². The fourth-order valence-corrected chi connectivity index (χ4v) is 1.78. The summed E-state index contributed by atoms with van der Waals surface area (Å²) in [6.07, 6.45) is -2.46. The zero-order valence-corrected chi connectivity index (χ0v) is 10.3. The maximum Gasteiger partial charge on any atom is 0.449 e. The highest BCUT2D eigenvalue weighted by Crippen LogP contribution is 2.28. The summed E-state index contributed by atoms with van der Waals surface area (Å²) in [6.45, 7) is 2.03. The van der Waals surface area contributed by atoms with E-state index in [0.717, 1.165) is 23.7 Å². The second-order valence-electron chi connectivity index (χ2n) is 4.26. The third-order valence-corrected chi connectivity index (χ3v) is 2.95. The van der Waals surface area contributed by atoms with Crippen LogP contribution in [0.3, 0.4) is 0 Å². The Kier molecular flexibility index (Phi) is 3.61. The standard InChI is InChI=1S/C13H14F3N3/c1-2-8-3-5-9(6-4-8)11(17)10-7-18-12(19-10)13(14,15)16/h3-7,11H,2,17H2,1H3,(H,18,19). The quantitative estimate of drug-likeness (QED) is 0.899. The predicted octanol–water partition coefficient (Wildman–Crippen LogP) is 3.04. The van der Waals surface area contributed by atoms with Gasteiger partial charge in [-0.25, -0.2) is 4.98 Å². The Balaban J connectivity index is 2.23. The Labute approximate surface area is 108 Å². The van der Waals surface area contributed by atoms with E-state index < -0.39 is 18.0 Å². The molecule has 0 saturated heterocycles. The fraction of sp³-hybridized carbons (Fsp3) is 0.308. The number of rotatable bonds is 3. The summed E-state index contributed by atoms with van der Waals surface area (Å²) in [5.74, 6) is -1.02. The smallest absolute Gasteiger partial charge is 0.337 e. The molecule has 1 heterocycles. The molecule has 2 rings (SSSR count). The number of nitrogens with two attached hydrogens (primary N) is 1. The highest BCUT2D eigenvalue weighted by atomic mass is 19.4. The maximum absolute atomic E-state index is 12.4. The van der Waals surface area contributed by atoms with Crippen molar-refractivity contribution in [2.24, 2.45) is 5.73 Å². The zero-order chi connectivity index (χ0) is 14.0. The molecule has 0 aliphatic rings. The zero-order valence-electron chi connectivity index (χ0n) is 10.3. The first-order valence-corrected chi connectivity index (χ1v) is 5.88. The van der Waals surface area contributed by atoms with E-state index in [9.17, 15) is 13.2 Å². The SMILES string of the molecule is CCc1ccc(C(N)c2cnc(C(F)(F)F)[nH]2)cc1. The van der Waals surface area contributed by atoms with Gasteiger partial charge in [0.15, 0.2) is 0 Å². The van der Waals surface area contributed by atoms with Crippen LogP contribution in [0.15, 0.2) is 30.5 Å². The lowest BCUT2D eigenvalue weighted by molar-refractivity contribution is -0.144. The molecular weight excluding hydrogens is 255 g/mol. The molecule has 0 aliphatic heterocycles. The van der Waals surface area contributed by atoms with Gasteiger partial charge < -0.3 is 10.7 Å². The number of nitrogens with zero attached hydrogens (tertiary/aromatic N) is 1. The molecule has 0 bridgehead atoms. The van der Waals surface area contributed by atoms with E-state index >= 15 is 0 Å². The van der Waals surface area contributed by atoms with Crippen LogP contribution >= 0.6 is 0 Å². The van der Waals surface area contributed by atoms with Crippen LogP contribution in [-0.4, -0.2) is 9.97 Å². The van der Waals surface area contributed by atoms with Gasteiger partial charge in [0.2, 0.25) is 5.82 Å². The van der Waals surface area contributed by atoms with Gasteiger partial charge in [0.05, 0.1) is 17.9 Å². The van der Waals surface area contributed by atoms with Crippen LogP contribution in [0.4, 0.5) is 13.2 Å². The first-order valence-electron chi connectivity index (χ1n) is 5.88. The average Bonchev–Trinajstić information content (AvgIpc) is 2.87. The van der Waals surface area contributed by atoms with Crippen molar-refractivity contribution in [3.05, 3.63) is 53.1 Å². The van der Waals surface area contributed by atoms with Crippen LogP contribution in [0.2, 0.25) is 0 Å². The number of halogens is 3. The Bertz CT molecular complexity index is 543. The van der Waals surface area contributed by atoms with Gasteiger partial charge in [-0.2, -0.15) is 13.2 Å². The van der Waals surface area contributed by atoms with E-state index in [-0.39, 0.29) is 5.69 Å². The molecule has 3 nitrogen and oxygen atoms in total. The second-order valence-corrected chi connectivity index (χ2v) is 4.26. The summed E-state index contributed by atoms with van der Waals surface area (Å²) in [5, 5.41) is 0. The lowest BCUT2D eigenvalue weighted by atomic mass is 10.0. The Morgan fingerprint density at radius 2 is 1.89 bits per heavy atom. The highest BCUT2D eigenvalue weighted by molar-refractivity contribution is 5.30. The van der Waals surface area contributed by atoms with Crippen LogP contribution in [0.1, 0.15) is 35.6 Å². The van der Waals surface area contributed by atoms with Crippen LogP contribution < -0.4 is 5.73 Å². The number of hydrogen-bond acceptors (Lipinski definition) is 2. The van der Waals surface area contributed by atoms with E-state index in [4.69, 9.17) is 5.73 Å². The number of aryl methyl sites for hydroxylation is 1. The third-order valence-electron chi connectivity index (χ3n) is 2.95. The Morgan fingerprint density at radius 3 is 2.37 bits per heavy atom. The molecule has 2 aromatic rings. The van der Waals surface area contributed by atoms with Crippen molar-refractivity contribution in [3.8, 4) is 0 Å². The molecule has 19 heavy (non-hydrogen) atoms. The first kappa shape index (κ1) is 13.6. The van der Waals surface area contributed by atoms with Crippen molar-refractivity contribution in [3.63, 3.8) is 0 Å². The largest absolute Gasteiger partial charge is 0.449 e. The van der Waals surface area contributed by atoms with Gasteiger partial charge >= 0.3 is 6.18 Å². The summed E-state index contributed by atoms with van der Waals surface area (Å²) in [6, 6.07) is 6.82. The maximum atomic E-state index is 12.4. The summed E-state index contributed by atoms with van der Waals surface area (Å²) < 4.78 is 37.3. The molecule has 3 N–H and O–H groups in total. The molecule has 0 amide bonds. The minimum Gasteiger partial charge on any atom is -0.337 e. The molecule has 1 unspecified atom stereocenters. The first-order chi connectivity index (χ1) is 8.91. The van der Waals surface area contributed by atoms with Gasteiger partial charge in [0, 0.05) is 0 Å². The number of aromatic amines is 1. The molecule has 1 atom stereocenters.